The van der Waals surface area contributed by atoms with Crippen LogP contribution in [-0.4, -0.2) is 41.7 Å². The molecule has 0 amide bonds. The third-order valence-corrected chi connectivity index (χ3v) is 6.49. The lowest BCUT2D eigenvalue weighted by molar-refractivity contribution is 0.0696. The molecule has 0 saturated carbocycles. The van der Waals surface area contributed by atoms with Crippen molar-refractivity contribution in [3.8, 4) is 0 Å². The number of piperazine rings is 1. The fourth-order valence-electron chi connectivity index (χ4n) is 5.08. The molecule has 1 atom stereocenters. The quantitative estimate of drug-likeness (QED) is 0.697. The monoisotopic (exact) mass is 398 g/mol. The number of hydrogen-bond acceptors (Lipinski definition) is 3. The van der Waals surface area contributed by atoms with Crippen molar-refractivity contribution in [1.82, 2.24) is 4.90 Å². The van der Waals surface area contributed by atoms with Crippen molar-refractivity contribution in [3.05, 3.63) is 101 Å². The average molecular weight is 399 g/mol. The maximum absolute atomic E-state index is 11.3. The molecule has 1 saturated heterocycles. The third-order valence-electron chi connectivity index (χ3n) is 6.49. The van der Waals surface area contributed by atoms with E-state index in [2.05, 4.69) is 70.5 Å². The van der Waals surface area contributed by atoms with Gasteiger partial charge < -0.3 is 10.0 Å². The summed E-state index contributed by atoms with van der Waals surface area (Å²) in [5, 5.41) is 9.31. The molecule has 2 aliphatic heterocycles. The number of anilines is 1. The fourth-order valence-corrected chi connectivity index (χ4v) is 5.08. The van der Waals surface area contributed by atoms with Gasteiger partial charge in [0.1, 0.15) is 0 Å². The predicted molar refractivity (Wildman–Crippen MR) is 119 cm³/mol. The van der Waals surface area contributed by atoms with Gasteiger partial charge >= 0.3 is 5.97 Å². The second-order valence-corrected chi connectivity index (χ2v) is 8.25. The Bertz CT molecular complexity index is 996. The SMILES string of the molecule is O=C(O)c1ccc2c(c1)CC[C@@H]1CN(C(c3ccccc3)c3ccccc3)CCN21. The minimum atomic E-state index is -0.849. The summed E-state index contributed by atoms with van der Waals surface area (Å²) in [6, 6.07) is 27.9. The van der Waals surface area contributed by atoms with Crippen LogP contribution in [0.1, 0.15) is 39.5 Å². The summed E-state index contributed by atoms with van der Waals surface area (Å²) in [7, 11) is 0. The molecule has 30 heavy (non-hydrogen) atoms. The van der Waals surface area contributed by atoms with Crippen molar-refractivity contribution >= 4 is 11.7 Å². The van der Waals surface area contributed by atoms with Crippen LogP contribution < -0.4 is 4.90 Å². The highest BCUT2D eigenvalue weighted by Crippen LogP contribution is 2.37. The van der Waals surface area contributed by atoms with E-state index in [4.69, 9.17) is 0 Å². The summed E-state index contributed by atoms with van der Waals surface area (Å²) in [6.07, 6.45) is 2.00. The first-order valence-corrected chi connectivity index (χ1v) is 10.7. The number of hydrogen-bond donors (Lipinski definition) is 1. The molecule has 0 bridgehead atoms. The molecule has 1 N–H and O–H groups in total. The van der Waals surface area contributed by atoms with E-state index in [1.54, 1.807) is 6.07 Å². The number of aryl methyl sites for hydroxylation is 1. The predicted octanol–water partition coefficient (Wildman–Crippen LogP) is 4.61. The summed E-state index contributed by atoms with van der Waals surface area (Å²) in [6.45, 7) is 2.94. The van der Waals surface area contributed by atoms with Crippen LogP contribution in [0.15, 0.2) is 78.9 Å². The smallest absolute Gasteiger partial charge is 0.335 e. The normalized spacial score (nSPS) is 18.7. The third kappa shape index (κ3) is 3.48. The highest BCUT2D eigenvalue weighted by Gasteiger charge is 2.35. The van der Waals surface area contributed by atoms with Crippen LogP contribution in [0.2, 0.25) is 0 Å². The maximum Gasteiger partial charge on any atom is 0.335 e. The van der Waals surface area contributed by atoms with Gasteiger partial charge in [-0.05, 0) is 47.7 Å². The molecule has 0 aliphatic carbocycles. The first-order chi connectivity index (χ1) is 14.7. The first-order valence-electron chi connectivity index (χ1n) is 10.7. The summed E-state index contributed by atoms with van der Waals surface area (Å²) < 4.78 is 0. The number of benzene rings is 3. The van der Waals surface area contributed by atoms with Crippen LogP contribution >= 0.6 is 0 Å². The second-order valence-electron chi connectivity index (χ2n) is 8.25. The molecular weight excluding hydrogens is 372 g/mol. The minimum Gasteiger partial charge on any atom is -0.478 e. The van der Waals surface area contributed by atoms with Crippen molar-refractivity contribution in [2.45, 2.75) is 24.9 Å². The van der Waals surface area contributed by atoms with E-state index < -0.39 is 5.97 Å². The number of aromatic carboxylic acids is 1. The summed E-state index contributed by atoms with van der Waals surface area (Å²) in [5.41, 5.74) is 5.44. The largest absolute Gasteiger partial charge is 0.478 e. The van der Waals surface area contributed by atoms with Gasteiger partial charge in [-0.2, -0.15) is 0 Å². The van der Waals surface area contributed by atoms with Crippen molar-refractivity contribution in [3.63, 3.8) is 0 Å². The van der Waals surface area contributed by atoms with Crippen LogP contribution in [0.5, 0.6) is 0 Å². The van der Waals surface area contributed by atoms with E-state index in [-0.39, 0.29) is 6.04 Å². The van der Waals surface area contributed by atoms with Gasteiger partial charge in [0.05, 0.1) is 11.6 Å². The summed E-state index contributed by atoms with van der Waals surface area (Å²) in [5.74, 6) is -0.849. The average Bonchev–Trinajstić information content (AvgIpc) is 2.80. The van der Waals surface area contributed by atoms with E-state index in [0.717, 1.165) is 32.5 Å². The molecule has 2 aliphatic rings. The Balaban J connectivity index is 1.43. The first kappa shape index (κ1) is 18.9. The topological polar surface area (TPSA) is 43.8 Å². The van der Waals surface area contributed by atoms with Gasteiger partial charge in [0, 0.05) is 31.4 Å². The minimum absolute atomic E-state index is 0.255. The van der Waals surface area contributed by atoms with Crippen molar-refractivity contribution in [1.29, 1.82) is 0 Å². The lowest BCUT2D eigenvalue weighted by atomic mass is 9.90. The number of carboxylic acids is 1. The molecule has 4 heteroatoms. The zero-order valence-corrected chi connectivity index (χ0v) is 16.9. The van der Waals surface area contributed by atoms with E-state index in [0.29, 0.717) is 11.6 Å². The number of carbonyl (C=O) groups is 1. The molecule has 2 heterocycles. The van der Waals surface area contributed by atoms with Gasteiger partial charge in [-0.1, -0.05) is 60.7 Å². The standard InChI is InChI=1S/C26H26N2O2/c29-26(30)22-12-14-24-21(17-22)11-13-23-18-27(15-16-28(23)24)25(19-7-3-1-4-8-19)20-9-5-2-6-10-20/h1-10,12,14,17,23,25H,11,13,15-16,18H2,(H,29,30)/t23-/m1/s1. The zero-order valence-electron chi connectivity index (χ0n) is 16.9. The molecule has 1 fully saturated rings. The van der Waals surface area contributed by atoms with Crippen LogP contribution in [0.4, 0.5) is 5.69 Å². The Labute approximate surface area is 177 Å². The van der Waals surface area contributed by atoms with E-state index in [1.165, 1.54) is 22.4 Å². The zero-order chi connectivity index (χ0) is 20.5. The molecule has 0 aromatic heterocycles. The molecule has 0 radical (unpaired) electrons. The molecular formula is C26H26N2O2. The lowest BCUT2D eigenvalue weighted by Crippen LogP contribution is -2.55. The van der Waals surface area contributed by atoms with Gasteiger partial charge in [0.25, 0.3) is 0 Å². The fraction of sp³-hybridized carbons (Fsp3) is 0.269. The molecule has 5 rings (SSSR count). The Morgan fingerprint density at radius 3 is 2.20 bits per heavy atom. The Morgan fingerprint density at radius 2 is 1.57 bits per heavy atom. The summed E-state index contributed by atoms with van der Waals surface area (Å²) in [4.78, 5) is 16.4. The van der Waals surface area contributed by atoms with Gasteiger partial charge in [-0.3, -0.25) is 4.90 Å². The lowest BCUT2D eigenvalue weighted by Gasteiger charge is -2.48. The molecule has 3 aromatic carbocycles. The highest BCUT2D eigenvalue weighted by atomic mass is 16.4. The second kappa shape index (κ2) is 7.96. The van der Waals surface area contributed by atoms with E-state index in [1.807, 2.05) is 12.1 Å². The number of rotatable bonds is 4. The highest BCUT2D eigenvalue weighted by molar-refractivity contribution is 5.88. The number of carboxylic acid groups (broad SMARTS) is 1. The maximum atomic E-state index is 11.3. The summed E-state index contributed by atoms with van der Waals surface area (Å²) >= 11 is 0. The molecule has 4 nitrogen and oxygen atoms in total. The van der Waals surface area contributed by atoms with Gasteiger partial charge in [0.15, 0.2) is 0 Å². The molecule has 3 aromatic rings. The Morgan fingerprint density at radius 1 is 0.900 bits per heavy atom. The van der Waals surface area contributed by atoms with E-state index >= 15 is 0 Å². The van der Waals surface area contributed by atoms with Crippen LogP contribution in [0.3, 0.4) is 0 Å². The molecule has 0 spiro atoms. The number of fused-ring (bicyclic) bond motifs is 3. The molecule has 0 unspecified atom stereocenters. The molecule has 152 valence electrons. The Kier molecular flexibility index (Phi) is 5.01. The van der Waals surface area contributed by atoms with E-state index in [9.17, 15) is 9.90 Å². The Hall–Kier alpha value is -3.11. The van der Waals surface area contributed by atoms with Gasteiger partial charge in [-0.25, -0.2) is 4.79 Å². The number of nitrogens with zero attached hydrogens (tertiary/aromatic N) is 2. The van der Waals surface area contributed by atoms with Crippen LogP contribution in [0, 0.1) is 0 Å². The van der Waals surface area contributed by atoms with Crippen molar-refractivity contribution in [2.75, 3.05) is 24.5 Å². The van der Waals surface area contributed by atoms with Crippen LogP contribution in [-0.2, 0) is 6.42 Å². The van der Waals surface area contributed by atoms with Gasteiger partial charge in [-0.15, -0.1) is 0 Å². The van der Waals surface area contributed by atoms with Crippen LogP contribution in [0.25, 0.3) is 0 Å². The van der Waals surface area contributed by atoms with Gasteiger partial charge in [0.2, 0.25) is 0 Å². The van der Waals surface area contributed by atoms with Crippen molar-refractivity contribution in [2.24, 2.45) is 0 Å². The van der Waals surface area contributed by atoms with Crippen molar-refractivity contribution < 1.29 is 9.90 Å².